The Kier molecular flexibility index (Phi) is 5.76. The van der Waals surface area contributed by atoms with Crippen molar-refractivity contribution >= 4 is 5.69 Å². The number of anilines is 1. The van der Waals surface area contributed by atoms with Crippen LogP contribution >= 0.6 is 0 Å². The first kappa shape index (κ1) is 15.9. The maximum Gasteiger partial charge on any atom is 0.146 e. The fourth-order valence-corrected chi connectivity index (χ4v) is 2.39. The van der Waals surface area contributed by atoms with Gasteiger partial charge in [-0.2, -0.15) is 0 Å². The van der Waals surface area contributed by atoms with Gasteiger partial charge in [0, 0.05) is 25.2 Å². The van der Waals surface area contributed by atoms with Gasteiger partial charge < -0.3 is 15.5 Å². The van der Waals surface area contributed by atoms with E-state index in [0.29, 0.717) is 5.69 Å². The van der Waals surface area contributed by atoms with E-state index in [0.717, 1.165) is 18.7 Å². The molecule has 3 nitrogen and oxygen atoms in total. The first-order valence-electron chi connectivity index (χ1n) is 6.83. The molecule has 1 rings (SSSR count). The highest BCUT2D eigenvalue weighted by Gasteiger charge is 2.17. The molecule has 0 radical (unpaired) electrons. The first-order valence-corrected chi connectivity index (χ1v) is 6.83. The van der Waals surface area contributed by atoms with Crippen LogP contribution in [0.1, 0.15) is 32.4 Å². The molecule has 0 heterocycles. The van der Waals surface area contributed by atoms with Crippen LogP contribution in [0.4, 0.5) is 10.1 Å². The van der Waals surface area contributed by atoms with Gasteiger partial charge in [-0.25, -0.2) is 4.39 Å². The molecule has 2 N–H and O–H groups in total. The van der Waals surface area contributed by atoms with E-state index >= 15 is 0 Å². The highest BCUT2D eigenvalue weighted by Crippen LogP contribution is 2.24. The summed E-state index contributed by atoms with van der Waals surface area (Å²) in [6, 6.07) is 5.41. The number of halogens is 1. The van der Waals surface area contributed by atoms with Crippen LogP contribution in [-0.4, -0.2) is 38.1 Å². The Hall–Kier alpha value is -1.13. The van der Waals surface area contributed by atoms with E-state index < -0.39 is 0 Å². The highest BCUT2D eigenvalue weighted by molar-refractivity contribution is 5.50. The molecule has 108 valence electrons. The molecule has 1 aromatic rings. The molecule has 4 heteroatoms. The van der Waals surface area contributed by atoms with Crippen LogP contribution in [0, 0.1) is 5.82 Å². The third kappa shape index (κ3) is 4.18. The Morgan fingerprint density at radius 1 is 1.26 bits per heavy atom. The van der Waals surface area contributed by atoms with Crippen LogP contribution in [0.3, 0.4) is 0 Å². The molecule has 0 fully saturated rings. The molecule has 0 aliphatic carbocycles. The molecule has 0 spiro atoms. The van der Waals surface area contributed by atoms with Crippen LogP contribution < -0.4 is 10.6 Å². The molecule has 2 atom stereocenters. The van der Waals surface area contributed by atoms with Gasteiger partial charge in [-0.3, -0.25) is 0 Å². The number of hydrogen-bond donors (Lipinski definition) is 1. The van der Waals surface area contributed by atoms with Crippen molar-refractivity contribution in [1.29, 1.82) is 0 Å². The predicted octanol–water partition coefficient (Wildman–Crippen LogP) is 2.62. The Morgan fingerprint density at radius 3 is 2.32 bits per heavy atom. The van der Waals surface area contributed by atoms with Crippen molar-refractivity contribution < 1.29 is 4.39 Å². The Morgan fingerprint density at radius 2 is 1.89 bits per heavy atom. The minimum atomic E-state index is -0.192. The lowest BCUT2D eigenvalue weighted by Crippen LogP contribution is -2.40. The van der Waals surface area contributed by atoms with Gasteiger partial charge in [0.1, 0.15) is 5.82 Å². The van der Waals surface area contributed by atoms with Crippen molar-refractivity contribution in [1.82, 2.24) is 4.90 Å². The van der Waals surface area contributed by atoms with Gasteiger partial charge in [0.25, 0.3) is 0 Å². The van der Waals surface area contributed by atoms with Gasteiger partial charge in [0.15, 0.2) is 0 Å². The summed E-state index contributed by atoms with van der Waals surface area (Å²) < 4.78 is 14.2. The van der Waals surface area contributed by atoms with Crippen molar-refractivity contribution in [3.8, 4) is 0 Å². The number of nitrogens with zero attached hydrogens (tertiary/aromatic N) is 2. The first-order chi connectivity index (χ1) is 8.86. The lowest BCUT2D eigenvalue weighted by Gasteiger charge is -2.32. The molecule has 0 aromatic heterocycles. The second-order valence-electron chi connectivity index (χ2n) is 5.40. The number of rotatable bonds is 6. The molecular weight excluding hydrogens is 241 g/mol. The zero-order valence-electron chi connectivity index (χ0n) is 12.7. The Balaban J connectivity index is 2.98. The predicted molar refractivity (Wildman–Crippen MR) is 80.0 cm³/mol. The van der Waals surface area contributed by atoms with Crippen LogP contribution in [0.25, 0.3) is 0 Å². The third-order valence-corrected chi connectivity index (χ3v) is 3.31. The second-order valence-corrected chi connectivity index (χ2v) is 5.40. The molecule has 0 saturated heterocycles. The monoisotopic (exact) mass is 267 g/mol. The normalized spacial score (nSPS) is 14.5. The molecule has 19 heavy (non-hydrogen) atoms. The van der Waals surface area contributed by atoms with Crippen molar-refractivity contribution in [2.45, 2.75) is 32.9 Å². The van der Waals surface area contributed by atoms with Crippen molar-refractivity contribution in [2.24, 2.45) is 5.73 Å². The summed E-state index contributed by atoms with van der Waals surface area (Å²) in [6.07, 6.45) is 0. The zero-order chi connectivity index (χ0) is 14.6. The molecule has 1 unspecified atom stereocenters. The average molecular weight is 267 g/mol. The molecule has 0 aliphatic rings. The zero-order valence-corrected chi connectivity index (χ0v) is 12.7. The Labute approximate surface area is 116 Å². The SMILES string of the molecule is CCN(c1ccc([C@@H](C)N)cc1F)C(C)CN(C)C. The molecule has 0 aliphatic heterocycles. The molecule has 1 aromatic carbocycles. The summed E-state index contributed by atoms with van der Waals surface area (Å²) in [5.41, 5.74) is 7.27. The molecule has 0 saturated carbocycles. The summed E-state index contributed by atoms with van der Waals surface area (Å²) in [5.74, 6) is -0.192. The van der Waals surface area contributed by atoms with Gasteiger partial charge in [-0.05, 0) is 52.6 Å². The maximum atomic E-state index is 14.2. The number of nitrogens with two attached hydrogens (primary N) is 1. The molecular formula is C15H26FN3. The third-order valence-electron chi connectivity index (χ3n) is 3.31. The van der Waals surface area contributed by atoms with Gasteiger partial charge in [-0.15, -0.1) is 0 Å². The standard InChI is InChI=1S/C15H26FN3/c1-6-19(11(2)10-18(4)5)15-8-7-13(12(3)17)9-14(15)16/h7-9,11-12H,6,10,17H2,1-5H3/t11?,12-/m1/s1. The number of benzene rings is 1. The number of hydrogen-bond acceptors (Lipinski definition) is 3. The van der Waals surface area contributed by atoms with Gasteiger partial charge in [0.05, 0.1) is 5.69 Å². The van der Waals surface area contributed by atoms with Crippen LogP contribution in [0.15, 0.2) is 18.2 Å². The van der Waals surface area contributed by atoms with E-state index in [1.165, 1.54) is 0 Å². The fourth-order valence-electron chi connectivity index (χ4n) is 2.39. The largest absolute Gasteiger partial charge is 0.365 e. The van der Waals surface area contributed by atoms with E-state index in [4.69, 9.17) is 5.73 Å². The van der Waals surface area contributed by atoms with E-state index in [1.807, 2.05) is 40.1 Å². The van der Waals surface area contributed by atoms with E-state index in [1.54, 1.807) is 6.07 Å². The molecule has 0 bridgehead atoms. The smallest absolute Gasteiger partial charge is 0.146 e. The average Bonchev–Trinajstić information content (AvgIpc) is 2.30. The van der Waals surface area contributed by atoms with E-state index in [9.17, 15) is 4.39 Å². The summed E-state index contributed by atoms with van der Waals surface area (Å²) in [7, 11) is 4.06. The fraction of sp³-hybridized carbons (Fsp3) is 0.600. The van der Waals surface area contributed by atoms with Gasteiger partial charge >= 0.3 is 0 Å². The van der Waals surface area contributed by atoms with Gasteiger partial charge in [-0.1, -0.05) is 6.07 Å². The van der Waals surface area contributed by atoms with Crippen molar-refractivity contribution in [3.05, 3.63) is 29.6 Å². The van der Waals surface area contributed by atoms with Crippen molar-refractivity contribution in [2.75, 3.05) is 32.1 Å². The van der Waals surface area contributed by atoms with E-state index in [2.05, 4.69) is 16.7 Å². The van der Waals surface area contributed by atoms with Gasteiger partial charge in [0.2, 0.25) is 0 Å². The minimum Gasteiger partial charge on any atom is -0.365 e. The topological polar surface area (TPSA) is 32.5 Å². The highest BCUT2D eigenvalue weighted by atomic mass is 19.1. The van der Waals surface area contributed by atoms with Crippen LogP contribution in [0.2, 0.25) is 0 Å². The Bertz CT molecular complexity index is 404. The summed E-state index contributed by atoms with van der Waals surface area (Å²) in [5, 5.41) is 0. The lowest BCUT2D eigenvalue weighted by molar-refractivity contribution is 0.371. The van der Waals surface area contributed by atoms with Crippen molar-refractivity contribution in [3.63, 3.8) is 0 Å². The summed E-state index contributed by atoms with van der Waals surface area (Å²) >= 11 is 0. The summed E-state index contributed by atoms with van der Waals surface area (Å²) in [6.45, 7) is 7.69. The second kappa shape index (κ2) is 6.87. The van der Waals surface area contributed by atoms with E-state index in [-0.39, 0.29) is 17.9 Å². The maximum absolute atomic E-state index is 14.2. The van der Waals surface area contributed by atoms with Crippen LogP contribution in [0.5, 0.6) is 0 Å². The molecule has 0 amide bonds. The van der Waals surface area contributed by atoms with Crippen LogP contribution in [-0.2, 0) is 0 Å². The summed E-state index contributed by atoms with van der Waals surface area (Å²) in [4.78, 5) is 4.20. The lowest BCUT2D eigenvalue weighted by atomic mass is 10.1. The minimum absolute atomic E-state index is 0.141. The number of likely N-dealkylation sites (N-methyl/N-ethyl adjacent to an activating group) is 2. The quantitative estimate of drug-likeness (QED) is 0.860.